The minimum absolute atomic E-state index is 0.0938. The maximum absolute atomic E-state index is 12.6. The van der Waals surface area contributed by atoms with Gasteiger partial charge < -0.3 is 30.7 Å². The Hall–Kier alpha value is -4.67. The van der Waals surface area contributed by atoms with E-state index in [0.29, 0.717) is 30.3 Å². The molecular formula is C31H38N6O5. The van der Waals surface area contributed by atoms with Crippen LogP contribution < -0.4 is 21.3 Å². The van der Waals surface area contributed by atoms with Crippen LogP contribution in [0.15, 0.2) is 42.6 Å². The van der Waals surface area contributed by atoms with Gasteiger partial charge in [0, 0.05) is 31.0 Å². The number of rotatable bonds is 7. The standard InChI is InChI=1S/C31H38N6O5/c1-18-9-7-10-19(2)25(18)20-13-21(28(39)41-6)15-23(14-20)34-27-24(26(32)38)16-33-29(36-27)37-12-8-11-22(17-37)35-30(40)42-31(3,4)5/h7,9-10,13-16,22H,8,11-12,17H2,1-6H3,(H2,32,38)(H,35,40)(H,33,34,36)/t22-/m0/s1. The highest BCUT2D eigenvalue weighted by molar-refractivity contribution is 5.99. The highest BCUT2D eigenvalue weighted by atomic mass is 16.6. The fraction of sp³-hybridized carbons (Fsp3) is 0.387. The smallest absolute Gasteiger partial charge is 0.407 e. The molecule has 2 aromatic carbocycles. The van der Waals surface area contributed by atoms with Gasteiger partial charge in [-0.25, -0.2) is 14.6 Å². The number of hydrogen-bond donors (Lipinski definition) is 3. The zero-order valence-electron chi connectivity index (χ0n) is 24.9. The Morgan fingerprint density at radius 2 is 1.81 bits per heavy atom. The maximum atomic E-state index is 12.6. The van der Waals surface area contributed by atoms with E-state index in [4.69, 9.17) is 15.2 Å². The number of amides is 2. The van der Waals surface area contributed by atoms with Crippen molar-refractivity contribution in [2.45, 2.75) is 59.1 Å². The van der Waals surface area contributed by atoms with E-state index >= 15 is 0 Å². The Bertz CT molecular complexity index is 1480. The Morgan fingerprint density at radius 1 is 1.10 bits per heavy atom. The molecule has 0 bridgehead atoms. The molecule has 42 heavy (non-hydrogen) atoms. The molecule has 1 aliphatic heterocycles. The fourth-order valence-electron chi connectivity index (χ4n) is 5.04. The molecule has 0 radical (unpaired) electrons. The molecule has 4 N–H and O–H groups in total. The number of hydrogen-bond acceptors (Lipinski definition) is 9. The summed E-state index contributed by atoms with van der Waals surface area (Å²) in [6, 6.07) is 11.1. The van der Waals surface area contributed by atoms with Crippen molar-refractivity contribution in [3.8, 4) is 11.1 Å². The third kappa shape index (κ3) is 7.34. The second-order valence-corrected chi connectivity index (χ2v) is 11.4. The van der Waals surface area contributed by atoms with Crippen LogP contribution in [0.1, 0.15) is 65.5 Å². The van der Waals surface area contributed by atoms with Gasteiger partial charge in [-0.1, -0.05) is 18.2 Å². The largest absolute Gasteiger partial charge is 0.465 e. The number of piperidine rings is 1. The number of carbonyl (C=O) groups excluding carboxylic acids is 3. The fourth-order valence-corrected chi connectivity index (χ4v) is 5.04. The highest BCUT2D eigenvalue weighted by Crippen LogP contribution is 2.32. The van der Waals surface area contributed by atoms with E-state index in [2.05, 4.69) is 20.6 Å². The van der Waals surface area contributed by atoms with Crippen molar-refractivity contribution < 1.29 is 23.9 Å². The number of alkyl carbamates (subject to hydrolysis) is 1. The lowest BCUT2D eigenvalue weighted by Gasteiger charge is -2.33. The van der Waals surface area contributed by atoms with Crippen LogP contribution >= 0.6 is 0 Å². The number of nitrogens with two attached hydrogens (primary N) is 1. The van der Waals surface area contributed by atoms with Crippen LogP contribution in [0.3, 0.4) is 0 Å². The minimum atomic E-state index is -0.703. The summed E-state index contributed by atoms with van der Waals surface area (Å²) >= 11 is 0. The van der Waals surface area contributed by atoms with Crippen LogP contribution in [0.2, 0.25) is 0 Å². The number of aryl methyl sites for hydroxylation is 2. The SMILES string of the molecule is COC(=O)c1cc(Nc2nc(N3CCC[C@H](NC(=O)OC(C)(C)C)C3)ncc2C(N)=O)cc(-c2c(C)cccc2C)c1. The molecule has 0 unspecified atom stereocenters. The van der Waals surface area contributed by atoms with Crippen LogP contribution in [-0.2, 0) is 9.47 Å². The van der Waals surface area contributed by atoms with Gasteiger partial charge in [-0.3, -0.25) is 4.79 Å². The molecule has 1 atom stereocenters. The highest BCUT2D eigenvalue weighted by Gasteiger charge is 2.26. The van der Waals surface area contributed by atoms with Crippen molar-refractivity contribution in [2.24, 2.45) is 5.73 Å². The van der Waals surface area contributed by atoms with Crippen molar-refractivity contribution in [2.75, 3.05) is 30.4 Å². The van der Waals surface area contributed by atoms with E-state index in [1.807, 2.05) is 63.8 Å². The van der Waals surface area contributed by atoms with E-state index in [1.54, 1.807) is 12.1 Å². The molecule has 3 aromatic rings. The van der Waals surface area contributed by atoms with E-state index in [1.165, 1.54) is 13.3 Å². The van der Waals surface area contributed by atoms with E-state index in [0.717, 1.165) is 35.1 Å². The summed E-state index contributed by atoms with van der Waals surface area (Å²) in [4.78, 5) is 48.3. The van der Waals surface area contributed by atoms with Gasteiger partial charge in [-0.2, -0.15) is 4.98 Å². The van der Waals surface area contributed by atoms with Crippen molar-refractivity contribution in [1.29, 1.82) is 0 Å². The normalized spacial score (nSPS) is 15.1. The van der Waals surface area contributed by atoms with Crippen LogP contribution in [-0.4, -0.2) is 59.8 Å². The molecule has 1 aromatic heterocycles. The number of ether oxygens (including phenoxy) is 2. The lowest BCUT2D eigenvalue weighted by atomic mass is 9.94. The first-order valence-corrected chi connectivity index (χ1v) is 13.8. The van der Waals surface area contributed by atoms with E-state index in [-0.39, 0.29) is 17.4 Å². The Labute approximate surface area is 245 Å². The molecule has 0 spiro atoms. The third-order valence-electron chi connectivity index (χ3n) is 6.85. The number of esters is 1. The first-order valence-electron chi connectivity index (χ1n) is 13.8. The second kappa shape index (κ2) is 12.5. The number of nitrogens with one attached hydrogen (secondary N) is 2. The minimum Gasteiger partial charge on any atom is -0.465 e. The van der Waals surface area contributed by atoms with Gasteiger partial charge in [-0.15, -0.1) is 0 Å². The summed E-state index contributed by atoms with van der Waals surface area (Å²) in [6.07, 6.45) is 2.48. The Morgan fingerprint density at radius 3 is 2.45 bits per heavy atom. The summed E-state index contributed by atoms with van der Waals surface area (Å²) < 4.78 is 10.4. The van der Waals surface area contributed by atoms with Gasteiger partial charge in [0.1, 0.15) is 17.0 Å². The number of anilines is 3. The van der Waals surface area contributed by atoms with E-state index in [9.17, 15) is 14.4 Å². The zero-order chi connectivity index (χ0) is 30.6. The maximum Gasteiger partial charge on any atom is 0.407 e. The molecule has 11 nitrogen and oxygen atoms in total. The topological polar surface area (TPSA) is 149 Å². The van der Waals surface area contributed by atoms with Crippen molar-refractivity contribution in [3.63, 3.8) is 0 Å². The number of aromatic nitrogens is 2. The van der Waals surface area contributed by atoms with Crippen LogP contribution in [0.25, 0.3) is 11.1 Å². The molecule has 4 rings (SSSR count). The number of primary amides is 1. The summed E-state index contributed by atoms with van der Waals surface area (Å²) in [6.45, 7) is 10.6. The van der Waals surface area contributed by atoms with Crippen LogP contribution in [0.5, 0.6) is 0 Å². The predicted octanol–water partition coefficient (Wildman–Crippen LogP) is 4.88. The zero-order valence-corrected chi connectivity index (χ0v) is 24.9. The van der Waals surface area contributed by atoms with Gasteiger partial charge in [0.25, 0.3) is 5.91 Å². The number of methoxy groups -OCH3 is 1. The molecule has 1 fully saturated rings. The Kier molecular flexibility index (Phi) is 8.99. The molecule has 0 aliphatic carbocycles. The van der Waals surface area contributed by atoms with Crippen molar-refractivity contribution in [1.82, 2.24) is 15.3 Å². The summed E-state index contributed by atoms with van der Waals surface area (Å²) in [7, 11) is 1.33. The monoisotopic (exact) mass is 574 g/mol. The third-order valence-corrected chi connectivity index (χ3v) is 6.85. The average molecular weight is 575 g/mol. The molecule has 222 valence electrons. The van der Waals surface area contributed by atoms with Crippen LogP contribution in [0.4, 0.5) is 22.2 Å². The summed E-state index contributed by atoms with van der Waals surface area (Å²) in [5, 5.41) is 6.12. The lowest BCUT2D eigenvalue weighted by Crippen LogP contribution is -2.49. The predicted molar refractivity (Wildman–Crippen MR) is 161 cm³/mol. The second-order valence-electron chi connectivity index (χ2n) is 11.4. The summed E-state index contributed by atoms with van der Waals surface area (Å²) in [5.41, 5.74) is 9.91. The molecular weight excluding hydrogens is 536 g/mol. The van der Waals surface area contributed by atoms with Crippen LogP contribution in [0, 0.1) is 13.8 Å². The number of carbonyl (C=O) groups is 3. The van der Waals surface area contributed by atoms with Crippen molar-refractivity contribution in [3.05, 3.63) is 64.8 Å². The van der Waals surface area contributed by atoms with E-state index < -0.39 is 23.6 Å². The molecule has 1 aliphatic rings. The number of nitrogens with zero attached hydrogens (tertiary/aromatic N) is 3. The van der Waals surface area contributed by atoms with Gasteiger partial charge in [0.2, 0.25) is 5.95 Å². The van der Waals surface area contributed by atoms with Gasteiger partial charge in [-0.05, 0) is 87.9 Å². The van der Waals surface area contributed by atoms with Crippen molar-refractivity contribution >= 4 is 35.4 Å². The first-order chi connectivity index (χ1) is 19.8. The summed E-state index contributed by atoms with van der Waals surface area (Å²) in [5.74, 6) is -0.630. The average Bonchev–Trinajstić information content (AvgIpc) is 2.91. The molecule has 0 saturated carbocycles. The van der Waals surface area contributed by atoms with Gasteiger partial charge in [0.05, 0.1) is 12.7 Å². The quantitative estimate of drug-likeness (QED) is 0.336. The van der Waals surface area contributed by atoms with Gasteiger partial charge in [0.15, 0.2) is 0 Å². The molecule has 2 heterocycles. The lowest BCUT2D eigenvalue weighted by molar-refractivity contribution is 0.0498. The molecule has 11 heteroatoms. The molecule has 2 amide bonds. The first kappa shape index (κ1) is 30.3. The number of benzene rings is 2. The van der Waals surface area contributed by atoms with Gasteiger partial charge >= 0.3 is 12.1 Å². The Balaban J connectivity index is 1.67. The molecule has 1 saturated heterocycles.